The molecule has 0 spiro atoms. The molecule has 21 heavy (non-hydrogen) atoms. The molecule has 4 heteroatoms. The van der Waals surface area contributed by atoms with Crippen molar-refractivity contribution in [2.45, 2.75) is 95.2 Å². The highest BCUT2D eigenvalue weighted by molar-refractivity contribution is 5.85. The van der Waals surface area contributed by atoms with Gasteiger partial charge in [-0.2, -0.15) is 0 Å². The molecule has 2 aliphatic carbocycles. The van der Waals surface area contributed by atoms with Crippen molar-refractivity contribution in [3.63, 3.8) is 0 Å². The van der Waals surface area contributed by atoms with Crippen molar-refractivity contribution < 1.29 is 4.79 Å². The molecule has 3 rings (SSSR count). The lowest BCUT2D eigenvalue weighted by atomic mass is 9.85. The molecule has 0 bridgehead atoms. The number of rotatable bonds is 2. The van der Waals surface area contributed by atoms with Gasteiger partial charge in [0.25, 0.3) is 0 Å². The third-order valence-electron chi connectivity index (χ3n) is 5.63. The van der Waals surface area contributed by atoms with E-state index < -0.39 is 0 Å². The Morgan fingerprint density at radius 3 is 2.19 bits per heavy atom. The normalized spacial score (nSPS) is 34.2. The van der Waals surface area contributed by atoms with E-state index in [0.717, 1.165) is 12.3 Å². The third-order valence-corrected chi connectivity index (χ3v) is 5.63. The molecule has 3 nitrogen and oxygen atoms in total. The van der Waals surface area contributed by atoms with Crippen LogP contribution >= 0.6 is 12.4 Å². The Balaban J connectivity index is 0.00000161. The lowest BCUT2D eigenvalue weighted by Crippen LogP contribution is -2.46. The second-order valence-corrected chi connectivity index (χ2v) is 7.16. The molecule has 2 N–H and O–H groups in total. The van der Waals surface area contributed by atoms with E-state index in [0.29, 0.717) is 12.1 Å². The number of hydrogen-bond donors (Lipinski definition) is 2. The number of halogens is 1. The highest BCUT2D eigenvalue weighted by Crippen LogP contribution is 2.33. The quantitative estimate of drug-likeness (QED) is 0.818. The number of amides is 1. The van der Waals surface area contributed by atoms with Crippen LogP contribution in [0.3, 0.4) is 0 Å². The van der Waals surface area contributed by atoms with Crippen LogP contribution in [0.5, 0.6) is 0 Å². The molecule has 1 aliphatic heterocycles. The van der Waals surface area contributed by atoms with Gasteiger partial charge in [0, 0.05) is 12.1 Å². The van der Waals surface area contributed by atoms with Crippen molar-refractivity contribution in [2.24, 2.45) is 5.92 Å². The summed E-state index contributed by atoms with van der Waals surface area (Å²) < 4.78 is 0. The molecule has 1 amide bonds. The first-order valence-corrected chi connectivity index (χ1v) is 8.89. The lowest BCUT2D eigenvalue weighted by molar-refractivity contribution is -0.123. The zero-order valence-corrected chi connectivity index (χ0v) is 13.9. The van der Waals surface area contributed by atoms with Crippen molar-refractivity contribution >= 4 is 18.3 Å². The molecule has 0 aromatic rings. The standard InChI is InChI=1S/C17H30N2O.ClH/c20-17(18-14-9-4-2-1-3-5-10-14)16-12-13-8-6-7-11-15(13)19-16;/h13-16,19H,1-12H2,(H,18,20);1H. The average Bonchev–Trinajstić information content (AvgIpc) is 2.85. The van der Waals surface area contributed by atoms with Crippen LogP contribution < -0.4 is 10.6 Å². The molecular weight excluding hydrogens is 284 g/mol. The van der Waals surface area contributed by atoms with Crippen LogP contribution in [0.15, 0.2) is 0 Å². The average molecular weight is 315 g/mol. The Bertz CT molecular complexity index is 315. The first-order chi connectivity index (χ1) is 9.83. The molecule has 0 aromatic heterocycles. The van der Waals surface area contributed by atoms with Crippen LogP contribution in [0.4, 0.5) is 0 Å². The Morgan fingerprint density at radius 1 is 0.857 bits per heavy atom. The van der Waals surface area contributed by atoms with Crippen LogP contribution in [0, 0.1) is 5.92 Å². The van der Waals surface area contributed by atoms with Gasteiger partial charge in [-0.1, -0.05) is 44.9 Å². The second-order valence-electron chi connectivity index (χ2n) is 7.16. The predicted molar refractivity (Wildman–Crippen MR) is 88.8 cm³/mol. The van der Waals surface area contributed by atoms with E-state index in [2.05, 4.69) is 10.6 Å². The summed E-state index contributed by atoms with van der Waals surface area (Å²) in [6, 6.07) is 1.15. The summed E-state index contributed by atoms with van der Waals surface area (Å²) >= 11 is 0. The topological polar surface area (TPSA) is 41.1 Å². The molecule has 1 saturated heterocycles. The van der Waals surface area contributed by atoms with E-state index in [9.17, 15) is 4.79 Å². The molecular formula is C17H31ClN2O. The summed E-state index contributed by atoms with van der Waals surface area (Å²) in [7, 11) is 0. The van der Waals surface area contributed by atoms with E-state index in [1.54, 1.807) is 0 Å². The molecule has 3 unspecified atom stereocenters. The van der Waals surface area contributed by atoms with E-state index in [1.165, 1.54) is 70.6 Å². The second kappa shape index (κ2) is 8.38. The molecule has 122 valence electrons. The first kappa shape index (κ1) is 17.1. The molecule has 3 aliphatic rings. The number of carbonyl (C=O) groups excluding carboxylic acids is 1. The lowest BCUT2D eigenvalue weighted by Gasteiger charge is -2.24. The zero-order chi connectivity index (χ0) is 13.8. The summed E-state index contributed by atoms with van der Waals surface area (Å²) in [5.74, 6) is 1.04. The summed E-state index contributed by atoms with van der Waals surface area (Å²) in [4.78, 5) is 12.5. The van der Waals surface area contributed by atoms with Gasteiger partial charge in [0.1, 0.15) is 0 Å². The van der Waals surface area contributed by atoms with Gasteiger partial charge in [-0.05, 0) is 38.0 Å². The Kier molecular flexibility index (Phi) is 6.81. The smallest absolute Gasteiger partial charge is 0.237 e. The van der Waals surface area contributed by atoms with E-state index in [4.69, 9.17) is 0 Å². The fourth-order valence-corrected chi connectivity index (χ4v) is 4.42. The summed E-state index contributed by atoms with van der Waals surface area (Å²) in [5, 5.41) is 6.93. The van der Waals surface area contributed by atoms with E-state index >= 15 is 0 Å². The fraction of sp³-hybridized carbons (Fsp3) is 0.941. The highest BCUT2D eigenvalue weighted by Gasteiger charge is 2.38. The number of carbonyl (C=O) groups is 1. The van der Waals surface area contributed by atoms with Gasteiger partial charge in [-0.25, -0.2) is 0 Å². The van der Waals surface area contributed by atoms with Crippen molar-refractivity contribution in [3.8, 4) is 0 Å². The third kappa shape index (κ3) is 4.59. The van der Waals surface area contributed by atoms with Crippen LogP contribution in [-0.2, 0) is 4.79 Å². The van der Waals surface area contributed by atoms with E-state index in [-0.39, 0.29) is 24.4 Å². The Labute approximate surface area is 135 Å². The summed E-state index contributed by atoms with van der Waals surface area (Å²) in [5.41, 5.74) is 0. The van der Waals surface area contributed by atoms with Crippen molar-refractivity contribution in [1.82, 2.24) is 10.6 Å². The van der Waals surface area contributed by atoms with Gasteiger partial charge in [0.2, 0.25) is 5.91 Å². The number of hydrogen-bond acceptors (Lipinski definition) is 2. The van der Waals surface area contributed by atoms with Crippen LogP contribution in [-0.4, -0.2) is 24.0 Å². The van der Waals surface area contributed by atoms with Crippen LogP contribution in [0.25, 0.3) is 0 Å². The number of nitrogens with one attached hydrogen (secondary N) is 2. The fourth-order valence-electron chi connectivity index (χ4n) is 4.42. The zero-order valence-electron chi connectivity index (χ0n) is 13.1. The Hall–Kier alpha value is -0.280. The summed E-state index contributed by atoms with van der Waals surface area (Å²) in [6.45, 7) is 0. The van der Waals surface area contributed by atoms with Gasteiger partial charge in [0.15, 0.2) is 0 Å². The maximum atomic E-state index is 12.5. The first-order valence-electron chi connectivity index (χ1n) is 8.89. The largest absolute Gasteiger partial charge is 0.352 e. The van der Waals surface area contributed by atoms with Gasteiger partial charge in [0.05, 0.1) is 6.04 Å². The monoisotopic (exact) mass is 314 g/mol. The molecule has 0 aromatic carbocycles. The molecule has 3 atom stereocenters. The molecule has 2 saturated carbocycles. The van der Waals surface area contributed by atoms with Gasteiger partial charge < -0.3 is 10.6 Å². The van der Waals surface area contributed by atoms with Crippen LogP contribution in [0.1, 0.15) is 77.0 Å². The Morgan fingerprint density at radius 2 is 1.48 bits per heavy atom. The SMILES string of the molecule is Cl.O=C(NC1CCCCCCC1)C1CC2CCCCC2N1. The van der Waals surface area contributed by atoms with Crippen molar-refractivity contribution in [3.05, 3.63) is 0 Å². The van der Waals surface area contributed by atoms with Crippen LogP contribution in [0.2, 0.25) is 0 Å². The van der Waals surface area contributed by atoms with Crippen molar-refractivity contribution in [2.75, 3.05) is 0 Å². The minimum atomic E-state index is 0. The van der Waals surface area contributed by atoms with Gasteiger partial charge >= 0.3 is 0 Å². The highest BCUT2D eigenvalue weighted by atomic mass is 35.5. The minimum absolute atomic E-state index is 0. The minimum Gasteiger partial charge on any atom is -0.352 e. The molecule has 0 radical (unpaired) electrons. The molecule has 1 heterocycles. The van der Waals surface area contributed by atoms with E-state index in [1.807, 2.05) is 0 Å². The maximum absolute atomic E-state index is 12.5. The summed E-state index contributed by atoms with van der Waals surface area (Å²) in [6.07, 6.45) is 15.4. The maximum Gasteiger partial charge on any atom is 0.237 e. The predicted octanol–water partition coefficient (Wildman–Crippen LogP) is 3.56. The van der Waals surface area contributed by atoms with Crippen molar-refractivity contribution in [1.29, 1.82) is 0 Å². The number of fused-ring (bicyclic) bond motifs is 1. The van der Waals surface area contributed by atoms with Gasteiger partial charge in [-0.15, -0.1) is 12.4 Å². The van der Waals surface area contributed by atoms with Gasteiger partial charge in [-0.3, -0.25) is 4.79 Å². The molecule has 3 fully saturated rings.